The van der Waals surface area contributed by atoms with Crippen LogP contribution in [0.25, 0.3) is 0 Å². The molecule has 0 aromatic rings. The minimum absolute atomic E-state index is 0.306. The van der Waals surface area contributed by atoms with Crippen LogP contribution in [-0.4, -0.2) is 42.2 Å². The average molecular weight is 230 g/mol. The molecule has 4 heteroatoms. The first-order chi connectivity index (χ1) is 7.13. The zero-order valence-corrected chi connectivity index (χ0v) is 10.6. The van der Waals surface area contributed by atoms with Gasteiger partial charge in [0, 0.05) is 25.6 Å². The molecular weight excluding hydrogens is 208 g/mol. The minimum atomic E-state index is 0.306. The van der Waals surface area contributed by atoms with E-state index in [1.165, 1.54) is 12.8 Å². The molecule has 1 aliphatic rings. The summed E-state index contributed by atoms with van der Waals surface area (Å²) in [5.41, 5.74) is 5.62. The van der Waals surface area contributed by atoms with Crippen LogP contribution in [0.1, 0.15) is 26.7 Å². The average Bonchev–Trinajstić information content (AvgIpc) is 2.18. The van der Waals surface area contributed by atoms with Gasteiger partial charge in [0.25, 0.3) is 0 Å². The fraction of sp³-hybridized carbons (Fsp3) is 0.909. The molecule has 1 rings (SSSR count). The number of thiocarbonyl (C=S) groups is 1. The van der Waals surface area contributed by atoms with Crippen LogP contribution < -0.4 is 5.73 Å². The highest BCUT2D eigenvalue weighted by Crippen LogP contribution is 2.14. The lowest BCUT2D eigenvalue weighted by Crippen LogP contribution is -2.43. The lowest BCUT2D eigenvalue weighted by molar-refractivity contribution is 0.00446. The quantitative estimate of drug-likeness (QED) is 0.725. The third-order valence-corrected chi connectivity index (χ3v) is 3.28. The van der Waals surface area contributed by atoms with E-state index in [2.05, 4.69) is 18.7 Å². The van der Waals surface area contributed by atoms with Crippen LogP contribution in [0.3, 0.4) is 0 Å². The second-order valence-corrected chi connectivity index (χ2v) is 4.75. The second-order valence-electron chi connectivity index (χ2n) is 4.28. The smallest absolute Gasteiger partial charge is 0.0768 e. The molecule has 0 bridgehead atoms. The topological polar surface area (TPSA) is 38.5 Å². The van der Waals surface area contributed by atoms with Crippen molar-refractivity contribution >= 4 is 17.2 Å². The van der Waals surface area contributed by atoms with E-state index in [9.17, 15) is 0 Å². The SMILES string of the molecule is CCOC1CCCN(CC(C)C(N)=S)C1. The predicted octanol–water partition coefficient (Wildman–Crippen LogP) is 1.41. The molecule has 2 atom stereocenters. The number of hydrogen-bond donors (Lipinski definition) is 1. The zero-order valence-electron chi connectivity index (χ0n) is 9.74. The summed E-state index contributed by atoms with van der Waals surface area (Å²) in [6.45, 7) is 8.10. The molecule has 1 heterocycles. The van der Waals surface area contributed by atoms with Crippen molar-refractivity contribution < 1.29 is 4.74 Å². The van der Waals surface area contributed by atoms with Gasteiger partial charge in [0.2, 0.25) is 0 Å². The van der Waals surface area contributed by atoms with Crippen molar-refractivity contribution in [3.05, 3.63) is 0 Å². The van der Waals surface area contributed by atoms with E-state index < -0.39 is 0 Å². The Hall–Kier alpha value is -0.190. The summed E-state index contributed by atoms with van der Waals surface area (Å²) in [6.07, 6.45) is 2.81. The van der Waals surface area contributed by atoms with Crippen LogP contribution in [0.15, 0.2) is 0 Å². The van der Waals surface area contributed by atoms with Gasteiger partial charge in [-0.3, -0.25) is 0 Å². The summed E-state index contributed by atoms with van der Waals surface area (Å²) in [4.78, 5) is 3.03. The first-order valence-corrected chi connectivity index (χ1v) is 6.17. The number of ether oxygens (including phenoxy) is 1. The molecule has 2 unspecified atom stereocenters. The normalized spacial score (nSPS) is 25.1. The number of nitrogens with two attached hydrogens (primary N) is 1. The highest BCUT2D eigenvalue weighted by atomic mass is 32.1. The van der Waals surface area contributed by atoms with Crippen molar-refractivity contribution in [1.82, 2.24) is 4.90 Å². The van der Waals surface area contributed by atoms with E-state index >= 15 is 0 Å². The van der Waals surface area contributed by atoms with E-state index in [4.69, 9.17) is 22.7 Å². The third kappa shape index (κ3) is 4.45. The summed E-state index contributed by atoms with van der Waals surface area (Å²) in [5.74, 6) is 0.306. The molecule has 88 valence electrons. The molecule has 1 fully saturated rings. The van der Waals surface area contributed by atoms with Crippen molar-refractivity contribution in [3.63, 3.8) is 0 Å². The summed E-state index contributed by atoms with van der Waals surface area (Å²) in [5, 5.41) is 0. The fourth-order valence-electron chi connectivity index (χ4n) is 2.03. The molecule has 0 saturated carbocycles. The number of rotatable bonds is 5. The van der Waals surface area contributed by atoms with Gasteiger partial charge in [-0.1, -0.05) is 19.1 Å². The highest BCUT2D eigenvalue weighted by Gasteiger charge is 2.21. The monoisotopic (exact) mass is 230 g/mol. The minimum Gasteiger partial charge on any atom is -0.393 e. The number of hydrogen-bond acceptors (Lipinski definition) is 3. The van der Waals surface area contributed by atoms with E-state index in [-0.39, 0.29) is 0 Å². The zero-order chi connectivity index (χ0) is 11.3. The van der Waals surface area contributed by atoms with Crippen molar-refractivity contribution in [2.75, 3.05) is 26.2 Å². The van der Waals surface area contributed by atoms with Crippen LogP contribution in [0.5, 0.6) is 0 Å². The van der Waals surface area contributed by atoms with Gasteiger partial charge in [-0.05, 0) is 26.3 Å². The Balaban J connectivity index is 2.32. The highest BCUT2D eigenvalue weighted by molar-refractivity contribution is 7.80. The summed E-state index contributed by atoms with van der Waals surface area (Å²) >= 11 is 4.99. The maximum Gasteiger partial charge on any atom is 0.0768 e. The Labute approximate surface area is 98.0 Å². The van der Waals surface area contributed by atoms with Gasteiger partial charge in [-0.2, -0.15) is 0 Å². The number of piperidine rings is 1. The van der Waals surface area contributed by atoms with Crippen LogP contribution in [0, 0.1) is 5.92 Å². The largest absolute Gasteiger partial charge is 0.393 e. The molecule has 0 aromatic carbocycles. The lowest BCUT2D eigenvalue weighted by atomic mass is 10.1. The van der Waals surface area contributed by atoms with E-state index in [0.29, 0.717) is 17.0 Å². The molecule has 2 N–H and O–H groups in total. The van der Waals surface area contributed by atoms with Gasteiger partial charge < -0.3 is 15.4 Å². The summed E-state index contributed by atoms with van der Waals surface area (Å²) < 4.78 is 5.65. The molecular formula is C11H22N2OS. The van der Waals surface area contributed by atoms with Crippen LogP contribution >= 0.6 is 12.2 Å². The Bertz CT molecular complexity index is 209. The van der Waals surface area contributed by atoms with Crippen LogP contribution in [0.4, 0.5) is 0 Å². The Morgan fingerprint density at radius 3 is 3.00 bits per heavy atom. The van der Waals surface area contributed by atoms with Crippen LogP contribution in [-0.2, 0) is 4.74 Å². The van der Waals surface area contributed by atoms with E-state index in [1.807, 2.05) is 0 Å². The van der Waals surface area contributed by atoms with Gasteiger partial charge in [-0.25, -0.2) is 0 Å². The standard InChI is InChI=1S/C11H22N2OS/c1-3-14-10-5-4-6-13(8-10)7-9(2)11(12)15/h9-10H,3-8H2,1-2H3,(H2,12,15). The van der Waals surface area contributed by atoms with E-state index in [0.717, 1.165) is 26.2 Å². The Kier molecular flexibility index (Phi) is 5.50. The van der Waals surface area contributed by atoms with Crippen molar-refractivity contribution in [3.8, 4) is 0 Å². The van der Waals surface area contributed by atoms with Crippen molar-refractivity contribution in [2.24, 2.45) is 11.7 Å². The first kappa shape index (κ1) is 12.9. The maximum absolute atomic E-state index is 5.65. The van der Waals surface area contributed by atoms with Crippen LogP contribution in [0.2, 0.25) is 0 Å². The molecule has 0 aliphatic carbocycles. The summed E-state index contributed by atoms with van der Waals surface area (Å²) in [6, 6.07) is 0. The predicted molar refractivity (Wildman–Crippen MR) is 67.0 cm³/mol. The molecule has 0 amide bonds. The molecule has 0 radical (unpaired) electrons. The van der Waals surface area contributed by atoms with Crippen molar-refractivity contribution in [1.29, 1.82) is 0 Å². The molecule has 1 aliphatic heterocycles. The first-order valence-electron chi connectivity index (χ1n) is 5.76. The Morgan fingerprint density at radius 1 is 1.67 bits per heavy atom. The second kappa shape index (κ2) is 6.40. The fourth-order valence-corrected chi connectivity index (χ4v) is 2.10. The maximum atomic E-state index is 5.65. The van der Waals surface area contributed by atoms with Crippen molar-refractivity contribution in [2.45, 2.75) is 32.8 Å². The lowest BCUT2D eigenvalue weighted by Gasteiger charge is -2.33. The van der Waals surface area contributed by atoms with Gasteiger partial charge >= 0.3 is 0 Å². The van der Waals surface area contributed by atoms with Gasteiger partial charge in [0.05, 0.1) is 11.1 Å². The van der Waals surface area contributed by atoms with Gasteiger partial charge in [0.1, 0.15) is 0 Å². The van der Waals surface area contributed by atoms with Gasteiger partial charge in [-0.15, -0.1) is 0 Å². The molecule has 0 aromatic heterocycles. The Morgan fingerprint density at radius 2 is 2.40 bits per heavy atom. The molecule has 15 heavy (non-hydrogen) atoms. The van der Waals surface area contributed by atoms with E-state index in [1.54, 1.807) is 0 Å². The molecule has 0 spiro atoms. The third-order valence-electron chi connectivity index (χ3n) is 2.88. The summed E-state index contributed by atoms with van der Waals surface area (Å²) in [7, 11) is 0. The number of likely N-dealkylation sites (tertiary alicyclic amines) is 1. The molecule has 3 nitrogen and oxygen atoms in total. The van der Waals surface area contributed by atoms with Gasteiger partial charge in [0.15, 0.2) is 0 Å². The number of nitrogens with zero attached hydrogens (tertiary/aromatic N) is 1. The molecule has 1 saturated heterocycles.